The van der Waals surface area contributed by atoms with Crippen LogP contribution >= 0.6 is 6.19 Å². The van der Waals surface area contributed by atoms with E-state index in [4.69, 9.17) is 18.3 Å². The third kappa shape index (κ3) is 3.94. The Bertz CT molecular complexity index is 526. The third-order valence-electron chi connectivity index (χ3n) is 2.75. The van der Waals surface area contributed by atoms with Gasteiger partial charge in [-0.05, 0) is 0 Å². The molecule has 1 heterocycles. The van der Waals surface area contributed by atoms with Crippen molar-refractivity contribution in [3.8, 4) is 5.75 Å². The number of benzene rings is 1. The van der Waals surface area contributed by atoms with Gasteiger partial charge in [0.05, 0.1) is 0 Å². The minimum atomic E-state index is -2.69. The molecule has 0 N–H and O–H groups in total. The van der Waals surface area contributed by atoms with Crippen LogP contribution < -0.4 is 4.74 Å². The number of ether oxygens (including phenoxy) is 1. The van der Waals surface area contributed by atoms with E-state index < -0.39 is 12.2 Å². The number of carbonyl (C=O) groups is 1. The van der Waals surface area contributed by atoms with Gasteiger partial charge >= 0.3 is 126 Å². The first kappa shape index (κ1) is 15.7. The van der Waals surface area contributed by atoms with Crippen LogP contribution in [0.25, 0.3) is 0 Å². The molecule has 0 bridgehead atoms. The number of hydrogen-bond donors (Lipinski definition) is 0. The summed E-state index contributed by atoms with van der Waals surface area (Å²) >= 11 is 2.75. The van der Waals surface area contributed by atoms with E-state index in [1.54, 1.807) is 31.4 Å². The second-order valence-electron chi connectivity index (χ2n) is 5.27. The van der Waals surface area contributed by atoms with Crippen molar-refractivity contribution < 1.29 is 23.1 Å². The molecule has 0 aliphatic carbocycles. The Morgan fingerprint density at radius 2 is 1.80 bits per heavy atom. The zero-order chi connectivity index (χ0) is 14.8. The normalized spacial score (nSPS) is 20.1. The van der Waals surface area contributed by atoms with Crippen molar-refractivity contribution in [1.29, 1.82) is 0 Å². The van der Waals surface area contributed by atoms with Crippen LogP contribution in [0.4, 0.5) is 0 Å². The molecule has 1 aromatic rings. The van der Waals surface area contributed by atoms with E-state index in [1.807, 2.05) is 13.8 Å². The first-order valence-corrected chi connectivity index (χ1v) is 9.87. The molecule has 0 atom stereocenters. The van der Waals surface area contributed by atoms with Gasteiger partial charge in [-0.1, -0.05) is 0 Å². The molecule has 110 valence electrons. The maximum atomic E-state index is 12.1. The Kier molecular flexibility index (Phi) is 4.72. The van der Waals surface area contributed by atoms with Crippen molar-refractivity contribution in [3.05, 3.63) is 29.8 Å². The molecular formula is C13H17O5PSe. The molecule has 5 nitrogen and oxygen atoms in total. The van der Waals surface area contributed by atoms with Gasteiger partial charge in [-0.25, -0.2) is 0 Å². The maximum absolute atomic E-state index is 12.1. The molecule has 1 fully saturated rings. The van der Waals surface area contributed by atoms with Crippen molar-refractivity contribution in [3.63, 3.8) is 0 Å². The quantitative estimate of drug-likeness (QED) is 0.611. The summed E-state index contributed by atoms with van der Waals surface area (Å²) in [6, 6.07) is 6.68. The van der Waals surface area contributed by atoms with Crippen LogP contribution in [0.1, 0.15) is 24.2 Å². The fraction of sp³-hybridized carbons (Fsp3) is 0.462. The third-order valence-corrected chi connectivity index (χ3v) is 5.82. The standard InChI is InChI=1S/C13H17O5PSe/c1-13(2)8-16-19(20,17-9-13)18-12(14)10-4-6-11(15-3)7-5-10/h4-7H,8-9H2,1-3H3. The summed E-state index contributed by atoms with van der Waals surface area (Å²) in [6.07, 6.45) is -2.69. The van der Waals surface area contributed by atoms with Crippen LogP contribution in [0, 0.1) is 5.41 Å². The summed E-state index contributed by atoms with van der Waals surface area (Å²) in [5.41, 5.74) is 0.359. The Morgan fingerprint density at radius 1 is 1.25 bits per heavy atom. The SMILES string of the molecule is COc1ccc(C(=O)OP2(=[Se])OCC(C)(C)CO2)cc1. The number of carbonyl (C=O) groups excluding carboxylic acids is 1. The number of hydrogen-bond acceptors (Lipinski definition) is 5. The molecule has 1 aliphatic heterocycles. The second kappa shape index (κ2) is 6.00. The summed E-state index contributed by atoms with van der Waals surface area (Å²) in [6.45, 7) is 5.04. The van der Waals surface area contributed by atoms with Crippen molar-refractivity contribution in [2.45, 2.75) is 13.8 Å². The molecular weight excluding hydrogens is 346 g/mol. The van der Waals surface area contributed by atoms with Crippen molar-refractivity contribution in [2.24, 2.45) is 5.41 Å². The summed E-state index contributed by atoms with van der Waals surface area (Å²) in [7, 11) is 1.57. The molecule has 0 radical (unpaired) electrons. The van der Waals surface area contributed by atoms with Crippen LogP contribution in [0.3, 0.4) is 0 Å². The summed E-state index contributed by atoms with van der Waals surface area (Å²) in [4.78, 5) is 12.1. The summed E-state index contributed by atoms with van der Waals surface area (Å²) in [5, 5.41) is 0. The van der Waals surface area contributed by atoms with Crippen LogP contribution in [0.5, 0.6) is 5.75 Å². The number of methoxy groups -OCH3 is 1. The molecule has 0 spiro atoms. The molecule has 0 aromatic heterocycles. The fourth-order valence-electron chi connectivity index (χ4n) is 1.52. The summed E-state index contributed by atoms with van der Waals surface area (Å²) < 4.78 is 21.6. The van der Waals surface area contributed by atoms with Crippen LogP contribution in [-0.2, 0) is 13.6 Å². The van der Waals surface area contributed by atoms with Gasteiger partial charge in [0.1, 0.15) is 0 Å². The van der Waals surface area contributed by atoms with Gasteiger partial charge in [-0.15, -0.1) is 0 Å². The second-order valence-corrected chi connectivity index (χ2v) is 9.67. The minimum absolute atomic E-state index is 0.0696. The summed E-state index contributed by atoms with van der Waals surface area (Å²) in [5.74, 6) is 0.209. The van der Waals surface area contributed by atoms with E-state index in [1.165, 1.54) is 0 Å². The molecule has 1 aromatic carbocycles. The Labute approximate surface area is 126 Å². The van der Waals surface area contributed by atoms with Crippen LogP contribution in [0.2, 0.25) is 0 Å². The topological polar surface area (TPSA) is 54.0 Å². The fourth-order valence-corrected chi connectivity index (χ4v) is 4.11. The van der Waals surface area contributed by atoms with Gasteiger partial charge in [0.15, 0.2) is 0 Å². The van der Waals surface area contributed by atoms with Gasteiger partial charge in [-0.2, -0.15) is 0 Å². The van der Waals surface area contributed by atoms with Gasteiger partial charge < -0.3 is 0 Å². The average molecular weight is 363 g/mol. The molecule has 0 amide bonds. The average Bonchev–Trinajstić information content (AvgIpc) is 2.43. The van der Waals surface area contributed by atoms with Crippen molar-refractivity contribution in [1.82, 2.24) is 0 Å². The predicted molar refractivity (Wildman–Crippen MR) is 76.8 cm³/mol. The van der Waals surface area contributed by atoms with E-state index in [2.05, 4.69) is 15.1 Å². The van der Waals surface area contributed by atoms with E-state index in [0.29, 0.717) is 24.5 Å². The van der Waals surface area contributed by atoms with E-state index in [9.17, 15) is 4.79 Å². The van der Waals surface area contributed by atoms with E-state index >= 15 is 0 Å². The predicted octanol–water partition coefficient (Wildman–Crippen LogP) is 2.77. The van der Waals surface area contributed by atoms with E-state index in [-0.39, 0.29) is 5.41 Å². The van der Waals surface area contributed by atoms with Gasteiger partial charge in [0.2, 0.25) is 0 Å². The molecule has 0 saturated carbocycles. The first-order chi connectivity index (χ1) is 9.34. The molecule has 7 heteroatoms. The molecule has 1 aliphatic rings. The van der Waals surface area contributed by atoms with Gasteiger partial charge in [0.25, 0.3) is 0 Å². The van der Waals surface area contributed by atoms with E-state index in [0.717, 1.165) is 0 Å². The zero-order valence-corrected chi connectivity index (χ0v) is 14.2. The number of rotatable bonds is 3. The zero-order valence-electron chi connectivity index (χ0n) is 11.6. The van der Waals surface area contributed by atoms with Gasteiger partial charge in [-0.3, -0.25) is 0 Å². The monoisotopic (exact) mass is 364 g/mol. The Hall–Kier alpha value is -0.641. The van der Waals surface area contributed by atoms with Crippen LogP contribution in [0.15, 0.2) is 24.3 Å². The van der Waals surface area contributed by atoms with Gasteiger partial charge in [0, 0.05) is 0 Å². The Balaban J connectivity index is 2.02. The van der Waals surface area contributed by atoms with Crippen LogP contribution in [-0.4, -0.2) is 41.4 Å². The van der Waals surface area contributed by atoms with Crippen molar-refractivity contribution in [2.75, 3.05) is 20.3 Å². The Morgan fingerprint density at radius 3 is 2.30 bits per heavy atom. The molecule has 1 saturated heterocycles. The van der Waals surface area contributed by atoms with Crippen molar-refractivity contribution >= 4 is 27.3 Å². The first-order valence-electron chi connectivity index (χ1n) is 6.11. The molecule has 0 unspecified atom stereocenters. The molecule has 20 heavy (non-hydrogen) atoms. The molecule has 2 rings (SSSR count).